The molecular formula is C18H18N4O3. The van der Waals surface area contributed by atoms with E-state index in [1.807, 2.05) is 18.2 Å². The molecule has 0 aliphatic carbocycles. The van der Waals surface area contributed by atoms with Crippen molar-refractivity contribution in [3.05, 3.63) is 54.7 Å². The number of amides is 2. The third kappa shape index (κ3) is 2.88. The minimum Gasteiger partial charge on any atom is -0.459 e. The van der Waals surface area contributed by atoms with E-state index in [4.69, 9.17) is 4.42 Å². The van der Waals surface area contributed by atoms with Crippen LogP contribution in [0, 0.1) is 0 Å². The van der Waals surface area contributed by atoms with Gasteiger partial charge in [0.15, 0.2) is 5.76 Å². The Morgan fingerprint density at radius 2 is 2.12 bits per heavy atom. The topological polar surface area (TPSA) is 79.9 Å². The molecule has 0 saturated carbocycles. The first-order chi connectivity index (χ1) is 12.2. The summed E-state index contributed by atoms with van der Waals surface area (Å²) in [6, 6.07) is 8.30. The van der Waals surface area contributed by atoms with Crippen molar-refractivity contribution in [1.82, 2.24) is 14.3 Å². The van der Waals surface area contributed by atoms with Crippen LogP contribution < -0.4 is 5.32 Å². The number of piperidine rings is 1. The number of fused-ring (bicyclic) bond motifs is 1. The molecule has 0 aromatic carbocycles. The van der Waals surface area contributed by atoms with Crippen molar-refractivity contribution >= 4 is 23.3 Å². The second-order valence-corrected chi connectivity index (χ2v) is 6.04. The maximum Gasteiger partial charge on any atom is 0.290 e. The predicted molar refractivity (Wildman–Crippen MR) is 91.2 cm³/mol. The van der Waals surface area contributed by atoms with Crippen molar-refractivity contribution in [2.75, 3.05) is 11.9 Å². The molecule has 1 aliphatic rings. The summed E-state index contributed by atoms with van der Waals surface area (Å²) in [5.41, 5.74) is 0.755. The molecular weight excluding hydrogens is 320 g/mol. The van der Waals surface area contributed by atoms with Gasteiger partial charge in [0.1, 0.15) is 17.5 Å². The third-order valence-corrected chi connectivity index (χ3v) is 4.48. The van der Waals surface area contributed by atoms with Gasteiger partial charge in [-0.05, 0) is 43.5 Å². The molecule has 1 saturated heterocycles. The highest BCUT2D eigenvalue weighted by Gasteiger charge is 2.33. The molecule has 0 bridgehead atoms. The number of anilines is 1. The molecule has 25 heavy (non-hydrogen) atoms. The summed E-state index contributed by atoms with van der Waals surface area (Å²) in [5.74, 6) is 0.457. The SMILES string of the molecule is O=C(Nc1cccc2nccn12)C1CCCCN1C(=O)c1ccco1. The fourth-order valence-electron chi connectivity index (χ4n) is 3.25. The molecule has 4 rings (SSSR count). The Bertz CT molecular complexity index is 900. The van der Waals surface area contributed by atoms with Gasteiger partial charge >= 0.3 is 0 Å². The van der Waals surface area contributed by atoms with E-state index in [0.29, 0.717) is 18.8 Å². The molecule has 2 amide bonds. The van der Waals surface area contributed by atoms with Crippen molar-refractivity contribution in [2.45, 2.75) is 25.3 Å². The van der Waals surface area contributed by atoms with Crippen LogP contribution in [0.5, 0.6) is 0 Å². The number of carbonyl (C=O) groups is 2. The summed E-state index contributed by atoms with van der Waals surface area (Å²) in [6.07, 6.45) is 7.36. The first-order valence-electron chi connectivity index (χ1n) is 8.31. The summed E-state index contributed by atoms with van der Waals surface area (Å²) in [7, 11) is 0. The molecule has 128 valence electrons. The highest BCUT2D eigenvalue weighted by molar-refractivity contribution is 6.00. The number of pyridine rings is 1. The minimum absolute atomic E-state index is 0.194. The number of likely N-dealkylation sites (tertiary alicyclic amines) is 1. The van der Waals surface area contributed by atoms with Crippen molar-refractivity contribution in [1.29, 1.82) is 0 Å². The van der Waals surface area contributed by atoms with E-state index in [0.717, 1.165) is 18.5 Å². The first-order valence-corrected chi connectivity index (χ1v) is 8.31. The van der Waals surface area contributed by atoms with E-state index in [9.17, 15) is 9.59 Å². The predicted octanol–water partition coefficient (Wildman–Crippen LogP) is 2.56. The Balaban J connectivity index is 1.57. The molecule has 1 fully saturated rings. The van der Waals surface area contributed by atoms with Gasteiger partial charge in [0.05, 0.1) is 6.26 Å². The third-order valence-electron chi connectivity index (χ3n) is 4.48. The fourth-order valence-corrected chi connectivity index (χ4v) is 3.25. The average molecular weight is 338 g/mol. The van der Waals surface area contributed by atoms with Crippen molar-refractivity contribution in [2.24, 2.45) is 0 Å². The fraction of sp³-hybridized carbons (Fsp3) is 0.278. The van der Waals surface area contributed by atoms with Gasteiger partial charge in [0, 0.05) is 18.9 Å². The quantitative estimate of drug-likeness (QED) is 0.796. The van der Waals surface area contributed by atoms with Gasteiger partial charge in [-0.15, -0.1) is 0 Å². The highest BCUT2D eigenvalue weighted by Crippen LogP contribution is 2.22. The van der Waals surface area contributed by atoms with Crippen LogP contribution in [0.25, 0.3) is 5.65 Å². The number of imidazole rings is 1. The van der Waals surface area contributed by atoms with Crippen molar-refractivity contribution in [3.8, 4) is 0 Å². The zero-order valence-electron chi connectivity index (χ0n) is 13.6. The first kappa shape index (κ1) is 15.4. The number of aromatic nitrogens is 2. The Labute approximate surface area is 144 Å². The smallest absolute Gasteiger partial charge is 0.290 e. The van der Waals surface area contributed by atoms with Crippen LogP contribution in [-0.2, 0) is 4.79 Å². The Hall–Kier alpha value is -3.09. The lowest BCUT2D eigenvalue weighted by molar-refractivity contribution is -0.121. The number of nitrogens with one attached hydrogen (secondary N) is 1. The van der Waals surface area contributed by atoms with Crippen LogP contribution in [-0.4, -0.2) is 38.7 Å². The molecule has 1 unspecified atom stereocenters. The van der Waals surface area contributed by atoms with Crippen LogP contribution in [0.1, 0.15) is 29.8 Å². The van der Waals surface area contributed by atoms with Crippen molar-refractivity contribution < 1.29 is 14.0 Å². The standard InChI is InChI=1S/C18H18N4O3/c23-17(20-16-8-3-7-15-19-9-11-22(15)16)13-5-1-2-10-21(13)18(24)14-6-4-12-25-14/h3-4,6-9,11-13H,1-2,5,10H2,(H,20,23). The number of rotatable bonds is 3. The lowest BCUT2D eigenvalue weighted by Gasteiger charge is -2.34. The molecule has 4 heterocycles. The summed E-state index contributed by atoms with van der Waals surface area (Å²) in [4.78, 5) is 31.3. The molecule has 0 spiro atoms. The molecule has 3 aromatic rings. The molecule has 7 nitrogen and oxygen atoms in total. The second-order valence-electron chi connectivity index (χ2n) is 6.04. The van der Waals surface area contributed by atoms with E-state index >= 15 is 0 Å². The number of furan rings is 1. The maximum atomic E-state index is 12.8. The van der Waals surface area contributed by atoms with Gasteiger partial charge in [-0.3, -0.25) is 14.0 Å². The largest absolute Gasteiger partial charge is 0.459 e. The average Bonchev–Trinajstić information content (AvgIpc) is 3.33. The molecule has 7 heteroatoms. The summed E-state index contributed by atoms with van der Waals surface area (Å²) in [5, 5.41) is 2.93. The van der Waals surface area contributed by atoms with Gasteiger partial charge in [0.2, 0.25) is 5.91 Å². The van der Waals surface area contributed by atoms with Gasteiger partial charge in [0.25, 0.3) is 5.91 Å². The van der Waals surface area contributed by atoms with Crippen LogP contribution >= 0.6 is 0 Å². The summed E-state index contributed by atoms with van der Waals surface area (Å²) >= 11 is 0. The lowest BCUT2D eigenvalue weighted by Crippen LogP contribution is -2.50. The minimum atomic E-state index is -0.509. The van der Waals surface area contributed by atoms with Crippen LogP contribution in [0.15, 0.2) is 53.4 Å². The second kappa shape index (κ2) is 6.43. The summed E-state index contributed by atoms with van der Waals surface area (Å²) in [6.45, 7) is 0.549. The molecule has 0 radical (unpaired) electrons. The van der Waals surface area contributed by atoms with Crippen LogP contribution in [0.4, 0.5) is 5.82 Å². The van der Waals surface area contributed by atoms with Gasteiger partial charge in [-0.25, -0.2) is 4.98 Å². The number of hydrogen-bond acceptors (Lipinski definition) is 4. The Kier molecular flexibility index (Phi) is 3.97. The lowest BCUT2D eigenvalue weighted by atomic mass is 10.0. The summed E-state index contributed by atoms with van der Waals surface area (Å²) < 4.78 is 7.01. The molecule has 1 aliphatic heterocycles. The molecule has 1 atom stereocenters. The zero-order valence-corrected chi connectivity index (χ0v) is 13.6. The highest BCUT2D eigenvalue weighted by atomic mass is 16.3. The number of nitrogens with zero attached hydrogens (tertiary/aromatic N) is 3. The Morgan fingerprint density at radius 1 is 1.20 bits per heavy atom. The van der Waals surface area contributed by atoms with Gasteiger partial charge < -0.3 is 14.6 Å². The molecule has 1 N–H and O–H groups in total. The van der Waals surface area contributed by atoms with E-state index in [-0.39, 0.29) is 17.6 Å². The molecule has 3 aromatic heterocycles. The van der Waals surface area contributed by atoms with Crippen LogP contribution in [0.3, 0.4) is 0 Å². The number of hydrogen-bond donors (Lipinski definition) is 1. The monoisotopic (exact) mass is 338 g/mol. The van der Waals surface area contributed by atoms with Crippen molar-refractivity contribution in [3.63, 3.8) is 0 Å². The maximum absolute atomic E-state index is 12.8. The van der Waals surface area contributed by atoms with Gasteiger partial charge in [-0.1, -0.05) is 6.07 Å². The normalized spacial score (nSPS) is 17.6. The van der Waals surface area contributed by atoms with E-state index in [1.165, 1.54) is 6.26 Å². The number of carbonyl (C=O) groups excluding carboxylic acids is 2. The zero-order chi connectivity index (χ0) is 17.2. The van der Waals surface area contributed by atoms with E-state index < -0.39 is 6.04 Å². The van der Waals surface area contributed by atoms with Crippen LogP contribution in [0.2, 0.25) is 0 Å². The van der Waals surface area contributed by atoms with Gasteiger partial charge in [-0.2, -0.15) is 0 Å². The Morgan fingerprint density at radius 3 is 2.96 bits per heavy atom. The van der Waals surface area contributed by atoms with E-state index in [2.05, 4.69) is 10.3 Å². The van der Waals surface area contributed by atoms with E-state index in [1.54, 1.807) is 33.8 Å².